The van der Waals surface area contributed by atoms with Crippen LogP contribution in [-0.4, -0.2) is 72.1 Å². The third kappa shape index (κ3) is 2.55. The van der Waals surface area contributed by atoms with E-state index in [2.05, 4.69) is 17.3 Å². The molecule has 0 bridgehead atoms. The summed E-state index contributed by atoms with van der Waals surface area (Å²) in [7, 11) is 2.09. The molecule has 2 heterocycles. The van der Waals surface area contributed by atoms with E-state index in [1.54, 1.807) is 0 Å². The van der Waals surface area contributed by atoms with Gasteiger partial charge < -0.3 is 15.3 Å². The van der Waals surface area contributed by atoms with Gasteiger partial charge in [0.05, 0.1) is 12.0 Å². The predicted octanol–water partition coefficient (Wildman–Crippen LogP) is -0.428. The molecule has 2 aliphatic heterocycles. The molecule has 2 amide bonds. The third-order valence-corrected chi connectivity index (χ3v) is 5.63. The van der Waals surface area contributed by atoms with Crippen LogP contribution in [0, 0.1) is 5.41 Å². The van der Waals surface area contributed by atoms with Crippen LogP contribution in [0.4, 0.5) is 0 Å². The van der Waals surface area contributed by atoms with E-state index in [4.69, 9.17) is 0 Å². The number of likely N-dealkylation sites (N-methyl/N-ethyl adjacent to an activating group) is 1. The summed E-state index contributed by atoms with van der Waals surface area (Å²) in [6, 6.07) is 0. The van der Waals surface area contributed by atoms with Gasteiger partial charge >= 0.3 is 0 Å². The van der Waals surface area contributed by atoms with Crippen molar-refractivity contribution in [2.24, 2.45) is 5.41 Å². The van der Waals surface area contributed by atoms with Gasteiger partial charge in [-0.3, -0.25) is 14.5 Å². The molecule has 2 saturated heterocycles. The number of nitrogens with zero attached hydrogens (tertiary/aromatic N) is 2. The first-order valence-electron chi connectivity index (χ1n) is 7.90. The Labute approximate surface area is 125 Å². The Hall–Kier alpha value is -1.14. The van der Waals surface area contributed by atoms with E-state index in [0.29, 0.717) is 19.5 Å². The summed E-state index contributed by atoms with van der Waals surface area (Å²) >= 11 is 0. The minimum Gasteiger partial charge on any atom is -0.395 e. The molecule has 0 unspecified atom stereocenters. The minimum absolute atomic E-state index is 0.0365. The van der Waals surface area contributed by atoms with Crippen molar-refractivity contribution >= 4 is 11.8 Å². The van der Waals surface area contributed by atoms with Crippen LogP contribution >= 0.6 is 0 Å². The lowest BCUT2D eigenvalue weighted by Gasteiger charge is -2.49. The molecule has 6 heteroatoms. The maximum atomic E-state index is 12.7. The molecule has 2 N–H and O–H groups in total. The Bertz CT molecular complexity index is 449. The van der Waals surface area contributed by atoms with Crippen molar-refractivity contribution in [1.29, 1.82) is 0 Å². The SMILES string of the molecule is CN1CCN(C(=O)C2(CO)CC2)C[C@]12CCNC(=O)CC2. The smallest absolute Gasteiger partial charge is 0.231 e. The van der Waals surface area contributed by atoms with Crippen LogP contribution in [0.15, 0.2) is 0 Å². The summed E-state index contributed by atoms with van der Waals surface area (Å²) in [6.07, 6.45) is 3.82. The topological polar surface area (TPSA) is 72.9 Å². The van der Waals surface area contributed by atoms with Crippen molar-refractivity contribution in [2.75, 3.05) is 39.8 Å². The fraction of sp³-hybridized carbons (Fsp3) is 0.867. The Balaban J connectivity index is 1.75. The molecule has 3 aliphatic rings. The zero-order valence-corrected chi connectivity index (χ0v) is 12.7. The highest BCUT2D eigenvalue weighted by Gasteiger charge is 2.53. The summed E-state index contributed by atoms with van der Waals surface area (Å²) in [5, 5.41) is 12.4. The van der Waals surface area contributed by atoms with Crippen LogP contribution in [0.1, 0.15) is 32.1 Å². The van der Waals surface area contributed by atoms with E-state index in [0.717, 1.165) is 38.8 Å². The van der Waals surface area contributed by atoms with Crippen LogP contribution in [0.5, 0.6) is 0 Å². The molecule has 118 valence electrons. The lowest BCUT2D eigenvalue weighted by Crippen LogP contribution is -2.63. The number of nitrogens with one attached hydrogen (secondary N) is 1. The zero-order chi connectivity index (χ0) is 15.1. The molecule has 1 aliphatic carbocycles. The first kappa shape index (κ1) is 14.8. The molecule has 3 fully saturated rings. The van der Waals surface area contributed by atoms with Crippen molar-refractivity contribution in [3.63, 3.8) is 0 Å². The maximum Gasteiger partial charge on any atom is 0.231 e. The molecule has 1 atom stereocenters. The van der Waals surface area contributed by atoms with E-state index in [-0.39, 0.29) is 24.0 Å². The Morgan fingerprint density at radius 2 is 2.05 bits per heavy atom. The molecule has 21 heavy (non-hydrogen) atoms. The quantitative estimate of drug-likeness (QED) is 0.725. The number of amides is 2. The van der Waals surface area contributed by atoms with Gasteiger partial charge in [-0.15, -0.1) is 0 Å². The van der Waals surface area contributed by atoms with Crippen molar-refractivity contribution in [2.45, 2.75) is 37.6 Å². The Morgan fingerprint density at radius 1 is 1.29 bits per heavy atom. The van der Waals surface area contributed by atoms with Crippen molar-refractivity contribution in [3.05, 3.63) is 0 Å². The predicted molar refractivity (Wildman–Crippen MR) is 77.6 cm³/mol. The monoisotopic (exact) mass is 295 g/mol. The van der Waals surface area contributed by atoms with Gasteiger partial charge in [0.1, 0.15) is 0 Å². The summed E-state index contributed by atoms with van der Waals surface area (Å²) in [5.41, 5.74) is -0.589. The summed E-state index contributed by atoms with van der Waals surface area (Å²) < 4.78 is 0. The fourth-order valence-electron chi connectivity index (χ4n) is 3.70. The summed E-state index contributed by atoms with van der Waals surface area (Å²) in [5.74, 6) is 0.221. The molecule has 0 aromatic carbocycles. The second-order valence-electron chi connectivity index (χ2n) is 6.91. The van der Waals surface area contributed by atoms with Crippen molar-refractivity contribution < 1.29 is 14.7 Å². The lowest BCUT2D eigenvalue weighted by atomic mass is 9.85. The second kappa shape index (κ2) is 5.25. The number of piperazine rings is 1. The molecule has 1 spiro atoms. The number of hydrogen-bond acceptors (Lipinski definition) is 4. The molecular formula is C15H25N3O3. The molecule has 0 aromatic rings. The van der Waals surface area contributed by atoms with Crippen LogP contribution < -0.4 is 5.32 Å². The van der Waals surface area contributed by atoms with E-state index in [1.165, 1.54) is 0 Å². The molecule has 6 nitrogen and oxygen atoms in total. The van der Waals surface area contributed by atoms with E-state index >= 15 is 0 Å². The average Bonchev–Trinajstić information content (AvgIpc) is 3.29. The Kier molecular flexibility index (Phi) is 3.69. The van der Waals surface area contributed by atoms with Gasteiger partial charge in [0.2, 0.25) is 11.8 Å². The van der Waals surface area contributed by atoms with Gasteiger partial charge in [0.15, 0.2) is 0 Å². The number of carbonyl (C=O) groups excluding carboxylic acids is 2. The van der Waals surface area contributed by atoms with Gasteiger partial charge in [-0.2, -0.15) is 0 Å². The van der Waals surface area contributed by atoms with Crippen LogP contribution in [0.3, 0.4) is 0 Å². The number of hydrogen-bond donors (Lipinski definition) is 2. The number of rotatable bonds is 2. The van der Waals surface area contributed by atoms with Crippen molar-refractivity contribution in [1.82, 2.24) is 15.1 Å². The van der Waals surface area contributed by atoms with Gasteiger partial charge in [0, 0.05) is 38.1 Å². The number of carbonyl (C=O) groups is 2. The molecule has 0 aromatic heterocycles. The molecule has 0 radical (unpaired) electrons. The van der Waals surface area contributed by atoms with Crippen LogP contribution in [-0.2, 0) is 9.59 Å². The first-order valence-corrected chi connectivity index (χ1v) is 7.90. The van der Waals surface area contributed by atoms with Gasteiger partial charge in [0.25, 0.3) is 0 Å². The van der Waals surface area contributed by atoms with Gasteiger partial charge in [-0.25, -0.2) is 0 Å². The van der Waals surface area contributed by atoms with E-state index in [9.17, 15) is 14.7 Å². The number of aliphatic hydroxyl groups is 1. The van der Waals surface area contributed by atoms with Crippen molar-refractivity contribution in [3.8, 4) is 0 Å². The first-order chi connectivity index (χ1) is 10.0. The number of aliphatic hydroxyl groups excluding tert-OH is 1. The standard InChI is InChI=1S/C15H25N3O3/c1-17-8-9-18(13(21)14(11-19)4-5-14)10-15(17)3-2-12(20)16-7-6-15/h19H,2-11H2,1H3,(H,16,20)/t15-/m0/s1. The largest absolute Gasteiger partial charge is 0.395 e. The van der Waals surface area contributed by atoms with Crippen LogP contribution in [0.2, 0.25) is 0 Å². The molecule has 3 rings (SSSR count). The van der Waals surface area contributed by atoms with E-state index in [1.807, 2.05) is 4.90 Å². The second-order valence-corrected chi connectivity index (χ2v) is 6.91. The summed E-state index contributed by atoms with van der Waals surface area (Å²) in [6.45, 7) is 2.88. The van der Waals surface area contributed by atoms with Gasteiger partial charge in [-0.05, 0) is 32.7 Å². The molecule has 1 saturated carbocycles. The normalized spacial score (nSPS) is 32.7. The van der Waals surface area contributed by atoms with Crippen LogP contribution in [0.25, 0.3) is 0 Å². The van der Waals surface area contributed by atoms with E-state index < -0.39 is 5.41 Å². The minimum atomic E-state index is -0.490. The molecular weight excluding hydrogens is 270 g/mol. The summed E-state index contributed by atoms with van der Waals surface area (Å²) in [4.78, 5) is 28.5. The zero-order valence-electron chi connectivity index (χ0n) is 12.7. The fourth-order valence-corrected chi connectivity index (χ4v) is 3.70. The highest BCUT2D eigenvalue weighted by molar-refractivity contribution is 5.85. The highest BCUT2D eigenvalue weighted by Crippen LogP contribution is 2.47. The highest BCUT2D eigenvalue weighted by atomic mass is 16.3. The Morgan fingerprint density at radius 3 is 2.71 bits per heavy atom. The maximum absolute atomic E-state index is 12.7. The lowest BCUT2D eigenvalue weighted by molar-refractivity contribution is -0.144. The van der Waals surface area contributed by atoms with Gasteiger partial charge in [-0.1, -0.05) is 0 Å². The average molecular weight is 295 g/mol. The third-order valence-electron chi connectivity index (χ3n) is 5.63.